The Kier molecular flexibility index (Phi) is 4.03. The van der Waals surface area contributed by atoms with Gasteiger partial charge in [-0.1, -0.05) is 0 Å². The number of carbonyl (C=O) groups excluding carboxylic acids is 1. The van der Waals surface area contributed by atoms with Crippen LogP contribution in [0.5, 0.6) is 0 Å². The predicted octanol–water partition coefficient (Wildman–Crippen LogP) is 1.60. The van der Waals surface area contributed by atoms with E-state index < -0.39 is 18.8 Å². The predicted molar refractivity (Wildman–Crippen MR) is 42.4 cm³/mol. The lowest BCUT2D eigenvalue weighted by Gasteiger charge is -2.22. The molecule has 0 unspecified atom stereocenters. The first kappa shape index (κ1) is 12.1. The van der Waals surface area contributed by atoms with Crippen LogP contribution in [-0.2, 0) is 0 Å². The van der Waals surface area contributed by atoms with Crippen molar-refractivity contribution in [1.29, 1.82) is 0 Å². The summed E-state index contributed by atoms with van der Waals surface area (Å²) in [6.07, 6.45) is -4.35. The molecule has 0 bridgehead atoms. The topological polar surface area (TPSA) is 32.3 Å². The van der Waals surface area contributed by atoms with Gasteiger partial charge in [-0.25, -0.2) is 4.79 Å². The van der Waals surface area contributed by atoms with E-state index in [1.165, 1.54) is 11.9 Å². The molecule has 0 atom stereocenters. The fourth-order valence-corrected chi connectivity index (χ4v) is 0.535. The van der Waals surface area contributed by atoms with Crippen molar-refractivity contribution >= 4 is 6.03 Å². The van der Waals surface area contributed by atoms with Crippen LogP contribution >= 0.6 is 0 Å². The van der Waals surface area contributed by atoms with Gasteiger partial charge in [0, 0.05) is 13.1 Å². The van der Waals surface area contributed by atoms with E-state index in [1.54, 1.807) is 19.2 Å². The number of halogens is 3. The first-order valence-corrected chi connectivity index (χ1v) is 3.81. The number of alkyl halides is 3. The normalized spacial score (nSPS) is 11.6. The van der Waals surface area contributed by atoms with Crippen LogP contribution in [0.2, 0.25) is 0 Å². The first-order valence-electron chi connectivity index (χ1n) is 3.81. The highest BCUT2D eigenvalue weighted by Gasteiger charge is 2.28. The van der Waals surface area contributed by atoms with Crippen LogP contribution in [-0.4, -0.2) is 36.7 Å². The fourth-order valence-electron chi connectivity index (χ4n) is 0.535. The molecule has 0 fully saturated rings. The zero-order chi connectivity index (χ0) is 10.6. The fraction of sp³-hybridized carbons (Fsp3) is 0.857. The first-order chi connectivity index (χ1) is 5.74. The van der Waals surface area contributed by atoms with E-state index in [1.807, 2.05) is 0 Å². The van der Waals surface area contributed by atoms with Gasteiger partial charge in [-0.2, -0.15) is 13.2 Å². The molecule has 0 saturated carbocycles. The van der Waals surface area contributed by atoms with Crippen LogP contribution in [0.1, 0.15) is 13.8 Å². The molecule has 0 spiro atoms. The highest BCUT2D eigenvalue weighted by atomic mass is 19.4. The smallest absolute Gasteiger partial charge is 0.329 e. The van der Waals surface area contributed by atoms with E-state index in [-0.39, 0.29) is 6.04 Å². The Labute approximate surface area is 74.9 Å². The lowest BCUT2D eigenvalue weighted by Crippen LogP contribution is -2.44. The minimum atomic E-state index is -4.35. The second-order valence-corrected chi connectivity index (χ2v) is 2.98. The maximum atomic E-state index is 11.6. The second-order valence-electron chi connectivity index (χ2n) is 2.98. The van der Waals surface area contributed by atoms with Crippen molar-refractivity contribution < 1.29 is 18.0 Å². The van der Waals surface area contributed by atoms with Crippen LogP contribution in [0.15, 0.2) is 0 Å². The van der Waals surface area contributed by atoms with Gasteiger partial charge in [0.25, 0.3) is 0 Å². The molecule has 3 nitrogen and oxygen atoms in total. The highest BCUT2D eigenvalue weighted by molar-refractivity contribution is 5.74. The lowest BCUT2D eigenvalue weighted by molar-refractivity contribution is -0.123. The van der Waals surface area contributed by atoms with Crippen molar-refractivity contribution in [2.75, 3.05) is 13.6 Å². The summed E-state index contributed by atoms with van der Waals surface area (Å²) in [7, 11) is 1.44. The zero-order valence-electron chi connectivity index (χ0n) is 7.77. The van der Waals surface area contributed by atoms with Gasteiger partial charge in [0.1, 0.15) is 6.54 Å². The molecule has 13 heavy (non-hydrogen) atoms. The number of carbonyl (C=O) groups is 1. The molecule has 78 valence electrons. The number of amides is 2. The second kappa shape index (κ2) is 4.34. The van der Waals surface area contributed by atoms with Gasteiger partial charge in [-0.15, -0.1) is 0 Å². The lowest BCUT2D eigenvalue weighted by atomic mass is 10.4. The Morgan fingerprint density at radius 2 is 1.92 bits per heavy atom. The van der Waals surface area contributed by atoms with Crippen molar-refractivity contribution in [2.24, 2.45) is 0 Å². The van der Waals surface area contributed by atoms with E-state index in [4.69, 9.17) is 0 Å². The third-order valence-corrected chi connectivity index (χ3v) is 1.54. The molecule has 0 radical (unpaired) electrons. The molecule has 0 saturated heterocycles. The Morgan fingerprint density at radius 3 is 2.23 bits per heavy atom. The van der Waals surface area contributed by atoms with E-state index in [0.717, 1.165) is 0 Å². The molecule has 0 rings (SSSR count). The van der Waals surface area contributed by atoms with Crippen molar-refractivity contribution in [3.63, 3.8) is 0 Å². The third kappa shape index (κ3) is 5.32. The average molecular weight is 198 g/mol. The average Bonchev–Trinajstić information content (AvgIpc) is 1.97. The van der Waals surface area contributed by atoms with E-state index in [9.17, 15) is 18.0 Å². The van der Waals surface area contributed by atoms with E-state index in [2.05, 4.69) is 0 Å². The number of hydrogen-bond donors (Lipinski definition) is 1. The molecule has 0 aromatic heterocycles. The van der Waals surface area contributed by atoms with Gasteiger partial charge in [0.2, 0.25) is 0 Å². The number of nitrogens with one attached hydrogen (secondary N) is 1. The number of nitrogens with zero attached hydrogens (tertiary/aromatic N) is 1. The number of urea groups is 1. The summed E-state index contributed by atoms with van der Waals surface area (Å²) in [6, 6.07) is -0.833. The number of hydrogen-bond acceptors (Lipinski definition) is 1. The van der Waals surface area contributed by atoms with Crippen LogP contribution in [0.3, 0.4) is 0 Å². The molecular weight excluding hydrogens is 185 g/mol. The molecule has 0 aromatic carbocycles. The summed E-state index contributed by atoms with van der Waals surface area (Å²) in [5, 5.41) is 1.77. The third-order valence-electron chi connectivity index (χ3n) is 1.54. The minimum absolute atomic E-state index is 0.117. The maximum Gasteiger partial charge on any atom is 0.405 e. The highest BCUT2D eigenvalue weighted by Crippen LogP contribution is 2.12. The summed E-state index contributed by atoms with van der Waals surface area (Å²) in [5.74, 6) is 0. The quantitative estimate of drug-likeness (QED) is 0.718. The molecule has 0 aliphatic rings. The van der Waals surface area contributed by atoms with Gasteiger partial charge in [0.15, 0.2) is 0 Å². The van der Waals surface area contributed by atoms with Crippen LogP contribution in [0.25, 0.3) is 0 Å². The largest absolute Gasteiger partial charge is 0.405 e. The molecule has 0 aliphatic carbocycles. The van der Waals surface area contributed by atoms with Crippen LogP contribution < -0.4 is 5.32 Å². The molecule has 6 heteroatoms. The number of rotatable bonds is 2. The molecule has 0 aliphatic heterocycles. The van der Waals surface area contributed by atoms with Gasteiger partial charge in [-0.3, -0.25) is 0 Å². The van der Waals surface area contributed by atoms with Gasteiger partial charge < -0.3 is 10.2 Å². The van der Waals surface area contributed by atoms with Crippen LogP contribution in [0, 0.1) is 0 Å². The Bertz CT molecular complexity index is 179. The van der Waals surface area contributed by atoms with Gasteiger partial charge >= 0.3 is 12.2 Å². The Hall–Kier alpha value is -0.940. The summed E-state index contributed by atoms with van der Waals surface area (Å²) >= 11 is 0. The molecule has 0 aromatic rings. The monoisotopic (exact) mass is 198 g/mol. The summed E-state index contributed by atoms with van der Waals surface area (Å²) in [6.45, 7) is 2.14. The molecule has 2 amide bonds. The summed E-state index contributed by atoms with van der Waals surface area (Å²) < 4.78 is 34.9. The zero-order valence-corrected chi connectivity index (χ0v) is 7.77. The standard InChI is InChI=1S/C7H13F3N2O/c1-5(2)12(3)6(13)11-4-7(8,9)10/h5H,4H2,1-3H3,(H,11,13). The van der Waals surface area contributed by atoms with Crippen molar-refractivity contribution in [1.82, 2.24) is 10.2 Å². The van der Waals surface area contributed by atoms with Crippen molar-refractivity contribution in [3.8, 4) is 0 Å². The molecule has 1 N–H and O–H groups in total. The van der Waals surface area contributed by atoms with E-state index in [0.29, 0.717) is 0 Å². The molecule has 0 heterocycles. The Balaban J connectivity index is 3.89. The summed E-state index contributed by atoms with van der Waals surface area (Å²) in [4.78, 5) is 12.1. The van der Waals surface area contributed by atoms with Crippen molar-refractivity contribution in [2.45, 2.75) is 26.1 Å². The Morgan fingerprint density at radius 1 is 1.46 bits per heavy atom. The SMILES string of the molecule is CC(C)N(C)C(=O)NCC(F)(F)F. The van der Waals surface area contributed by atoms with Crippen molar-refractivity contribution in [3.05, 3.63) is 0 Å². The van der Waals surface area contributed by atoms with Gasteiger partial charge in [0.05, 0.1) is 0 Å². The maximum absolute atomic E-state index is 11.6. The van der Waals surface area contributed by atoms with Gasteiger partial charge in [-0.05, 0) is 13.8 Å². The summed E-state index contributed by atoms with van der Waals surface area (Å²) in [5.41, 5.74) is 0. The molecular formula is C7H13F3N2O. The minimum Gasteiger partial charge on any atom is -0.329 e. The van der Waals surface area contributed by atoms with E-state index >= 15 is 0 Å². The van der Waals surface area contributed by atoms with Crippen LogP contribution in [0.4, 0.5) is 18.0 Å².